The fraction of sp³-hybridized carbons (Fsp3) is 0.391. The summed E-state index contributed by atoms with van der Waals surface area (Å²) in [5, 5.41) is 0. The molecule has 0 saturated carbocycles. The first-order valence-corrected chi connectivity index (χ1v) is 12.6. The van der Waals surface area contributed by atoms with Gasteiger partial charge in [0.05, 0.1) is 4.90 Å². The minimum Gasteiger partial charge on any atom is -0.304 e. The lowest BCUT2D eigenvalue weighted by Gasteiger charge is -2.32. The fourth-order valence-corrected chi connectivity index (χ4v) is 5.92. The second-order valence-electron chi connectivity index (χ2n) is 8.10. The Morgan fingerprint density at radius 1 is 0.969 bits per heavy atom. The molecule has 176 valence electrons. The second-order valence-corrected chi connectivity index (χ2v) is 11.3. The number of piperazine rings is 1. The third kappa shape index (κ3) is 5.70. The number of nitrogens with zero attached hydrogens (tertiary/aromatic N) is 3. The summed E-state index contributed by atoms with van der Waals surface area (Å²) < 4.78 is 26.7. The summed E-state index contributed by atoms with van der Waals surface area (Å²) in [7, 11) is 1.85. The van der Waals surface area contributed by atoms with E-state index >= 15 is 0 Å². The molecular formula is C23H31Cl2N3O2S2. The summed E-state index contributed by atoms with van der Waals surface area (Å²) in [4.78, 5) is 7.55. The summed E-state index contributed by atoms with van der Waals surface area (Å²) >= 11 is 1.71. The Morgan fingerprint density at radius 2 is 1.62 bits per heavy atom. The molecule has 0 amide bonds. The standard InChI is InChI=1S/C23H29N3O2S2.2ClH/c1-24(2)30(27,28)18-10-11-23-21(17-18)19(20-7-4-5-9-22(20)29-23)8-6-12-26-15-13-25(3)14-16-26;;/h4-5,7-11,17H,6,12-16H2,1-3H3;2*1H/b19-8-;;. The number of hydrogen-bond donors (Lipinski definition) is 0. The highest BCUT2D eigenvalue weighted by atomic mass is 35.5. The van der Waals surface area contributed by atoms with Gasteiger partial charge in [-0.05, 0) is 54.4 Å². The van der Waals surface area contributed by atoms with Crippen LogP contribution in [0.3, 0.4) is 0 Å². The van der Waals surface area contributed by atoms with Gasteiger partial charge in [-0.2, -0.15) is 0 Å². The summed E-state index contributed by atoms with van der Waals surface area (Å²) in [6.45, 7) is 5.47. The Bertz CT molecular complexity index is 1070. The van der Waals surface area contributed by atoms with Crippen molar-refractivity contribution in [1.82, 2.24) is 14.1 Å². The minimum absolute atomic E-state index is 0. The Balaban J connectivity index is 0.00000181. The van der Waals surface area contributed by atoms with Crippen molar-refractivity contribution in [2.24, 2.45) is 0 Å². The van der Waals surface area contributed by atoms with Crippen molar-refractivity contribution >= 4 is 52.2 Å². The first-order valence-electron chi connectivity index (χ1n) is 10.3. The van der Waals surface area contributed by atoms with Gasteiger partial charge < -0.3 is 9.80 Å². The quantitative estimate of drug-likeness (QED) is 0.506. The predicted molar refractivity (Wildman–Crippen MR) is 138 cm³/mol. The molecular weight excluding hydrogens is 485 g/mol. The molecule has 2 heterocycles. The van der Waals surface area contributed by atoms with Crippen molar-refractivity contribution in [3.8, 4) is 0 Å². The average Bonchev–Trinajstić information content (AvgIpc) is 2.74. The molecule has 2 aromatic carbocycles. The molecule has 0 unspecified atom stereocenters. The topological polar surface area (TPSA) is 43.9 Å². The van der Waals surface area contributed by atoms with Crippen LogP contribution in [-0.2, 0) is 10.0 Å². The highest BCUT2D eigenvalue weighted by molar-refractivity contribution is 7.99. The van der Waals surface area contributed by atoms with Gasteiger partial charge in [-0.25, -0.2) is 12.7 Å². The first kappa shape index (κ1) is 27.2. The van der Waals surface area contributed by atoms with Crippen molar-refractivity contribution in [1.29, 1.82) is 0 Å². The number of benzene rings is 2. The van der Waals surface area contributed by atoms with Crippen molar-refractivity contribution in [2.45, 2.75) is 21.1 Å². The van der Waals surface area contributed by atoms with Crippen LogP contribution >= 0.6 is 36.6 Å². The zero-order chi connectivity index (χ0) is 21.3. The Labute approximate surface area is 208 Å². The smallest absolute Gasteiger partial charge is 0.242 e. The van der Waals surface area contributed by atoms with Crippen LogP contribution in [0, 0.1) is 0 Å². The van der Waals surface area contributed by atoms with Crippen LogP contribution in [0.5, 0.6) is 0 Å². The van der Waals surface area contributed by atoms with E-state index in [1.165, 1.54) is 14.8 Å². The summed E-state index contributed by atoms with van der Waals surface area (Å²) in [6, 6.07) is 13.9. The van der Waals surface area contributed by atoms with E-state index in [4.69, 9.17) is 0 Å². The Morgan fingerprint density at radius 3 is 2.31 bits per heavy atom. The lowest BCUT2D eigenvalue weighted by molar-refractivity contribution is 0.156. The molecule has 0 aromatic heterocycles. The molecule has 1 fully saturated rings. The van der Waals surface area contributed by atoms with Gasteiger partial charge in [0.2, 0.25) is 10.0 Å². The highest BCUT2D eigenvalue weighted by Crippen LogP contribution is 2.46. The van der Waals surface area contributed by atoms with Crippen LogP contribution in [0.15, 0.2) is 63.2 Å². The summed E-state index contributed by atoms with van der Waals surface area (Å²) in [5.41, 5.74) is 3.34. The SMILES string of the molecule is CN1CCN(CC/C=C2/c3ccccc3Sc3ccc(S(=O)(=O)N(C)C)cc32)CC1.Cl.Cl. The number of halogens is 2. The highest BCUT2D eigenvalue weighted by Gasteiger charge is 2.25. The zero-order valence-electron chi connectivity index (χ0n) is 18.7. The number of rotatable bonds is 5. The van der Waals surface area contributed by atoms with E-state index in [1.807, 2.05) is 12.1 Å². The van der Waals surface area contributed by atoms with Crippen molar-refractivity contribution in [3.63, 3.8) is 0 Å². The number of sulfonamides is 1. The van der Waals surface area contributed by atoms with Crippen LogP contribution in [0.4, 0.5) is 0 Å². The van der Waals surface area contributed by atoms with E-state index < -0.39 is 10.0 Å². The zero-order valence-corrected chi connectivity index (χ0v) is 21.9. The molecule has 0 N–H and O–H groups in total. The number of hydrogen-bond acceptors (Lipinski definition) is 5. The van der Waals surface area contributed by atoms with E-state index in [1.54, 1.807) is 31.9 Å². The van der Waals surface area contributed by atoms with Crippen LogP contribution in [-0.4, -0.2) is 76.4 Å². The molecule has 1 saturated heterocycles. The molecule has 0 aliphatic carbocycles. The largest absolute Gasteiger partial charge is 0.304 e. The third-order valence-corrected chi connectivity index (χ3v) is 8.77. The molecule has 0 bridgehead atoms. The van der Waals surface area contributed by atoms with Gasteiger partial charge in [-0.15, -0.1) is 24.8 Å². The molecule has 2 aliphatic heterocycles. The maximum Gasteiger partial charge on any atom is 0.242 e. The van der Waals surface area contributed by atoms with E-state index in [9.17, 15) is 8.42 Å². The fourth-order valence-electron chi connectivity index (χ4n) is 3.90. The van der Waals surface area contributed by atoms with Crippen LogP contribution in [0.25, 0.3) is 5.57 Å². The van der Waals surface area contributed by atoms with E-state index in [-0.39, 0.29) is 24.8 Å². The number of likely N-dealkylation sites (N-methyl/N-ethyl adjacent to an activating group) is 1. The minimum atomic E-state index is -3.47. The molecule has 0 atom stereocenters. The molecule has 9 heteroatoms. The first-order chi connectivity index (χ1) is 14.4. The molecule has 5 nitrogen and oxygen atoms in total. The van der Waals surface area contributed by atoms with Gasteiger partial charge in [-0.1, -0.05) is 36.0 Å². The van der Waals surface area contributed by atoms with Crippen molar-refractivity contribution in [2.75, 3.05) is 53.9 Å². The van der Waals surface area contributed by atoms with Crippen LogP contribution in [0.1, 0.15) is 17.5 Å². The van der Waals surface area contributed by atoms with Gasteiger partial charge in [0.25, 0.3) is 0 Å². The van der Waals surface area contributed by atoms with Gasteiger partial charge in [0.15, 0.2) is 0 Å². The maximum absolute atomic E-state index is 12.7. The van der Waals surface area contributed by atoms with Gasteiger partial charge in [-0.3, -0.25) is 0 Å². The maximum atomic E-state index is 12.7. The van der Waals surface area contributed by atoms with Crippen molar-refractivity contribution in [3.05, 3.63) is 59.7 Å². The monoisotopic (exact) mass is 515 g/mol. The van der Waals surface area contributed by atoms with Gasteiger partial charge >= 0.3 is 0 Å². The van der Waals surface area contributed by atoms with Crippen LogP contribution in [0.2, 0.25) is 0 Å². The van der Waals surface area contributed by atoms with Crippen molar-refractivity contribution < 1.29 is 8.42 Å². The molecule has 0 radical (unpaired) electrons. The lowest BCUT2D eigenvalue weighted by atomic mass is 9.96. The Hall–Kier alpha value is -1.06. The van der Waals surface area contributed by atoms with Gasteiger partial charge in [0.1, 0.15) is 0 Å². The summed E-state index contributed by atoms with van der Waals surface area (Å²) in [5.74, 6) is 0. The number of fused-ring (bicyclic) bond motifs is 2. The van der Waals surface area contributed by atoms with Crippen LogP contribution < -0.4 is 0 Å². The average molecular weight is 517 g/mol. The normalized spacial score (nSPS) is 17.9. The Kier molecular flexibility index (Phi) is 9.67. The molecule has 32 heavy (non-hydrogen) atoms. The molecule has 4 rings (SSSR count). The lowest BCUT2D eigenvalue weighted by Crippen LogP contribution is -2.44. The van der Waals surface area contributed by atoms with E-state index in [0.717, 1.165) is 55.2 Å². The third-order valence-electron chi connectivity index (χ3n) is 5.81. The summed E-state index contributed by atoms with van der Waals surface area (Å²) in [6.07, 6.45) is 3.24. The molecule has 0 spiro atoms. The predicted octanol–water partition coefficient (Wildman–Crippen LogP) is 4.31. The van der Waals surface area contributed by atoms with E-state index in [2.05, 4.69) is 47.2 Å². The second kappa shape index (κ2) is 11.4. The van der Waals surface area contributed by atoms with Gasteiger partial charge in [0, 0.05) is 56.6 Å². The molecule has 2 aliphatic rings. The molecule has 2 aromatic rings. The van der Waals surface area contributed by atoms with E-state index in [0.29, 0.717) is 4.90 Å².